The molecule has 0 unspecified atom stereocenters. The van der Waals surface area contributed by atoms with Crippen molar-refractivity contribution in [2.45, 2.75) is 0 Å². The summed E-state index contributed by atoms with van der Waals surface area (Å²) < 4.78 is 10.6. The quantitative estimate of drug-likeness (QED) is 0.670. The van der Waals surface area contributed by atoms with Crippen molar-refractivity contribution in [3.8, 4) is 0 Å². The summed E-state index contributed by atoms with van der Waals surface area (Å²) in [4.78, 5) is 11.8. The smallest absolute Gasteiger partial charge is 0.185 e. The van der Waals surface area contributed by atoms with Crippen molar-refractivity contribution in [3.63, 3.8) is 0 Å². The van der Waals surface area contributed by atoms with E-state index in [1.54, 1.807) is 6.07 Å². The molecular weight excluding hydrogens is 180 g/mol. The number of ketones is 1. The maximum atomic E-state index is 11.1. The van der Waals surface area contributed by atoms with Gasteiger partial charge in [0.2, 0.25) is 0 Å². The molecule has 0 amide bonds. The van der Waals surface area contributed by atoms with E-state index in [0.717, 1.165) is 0 Å². The molecule has 0 radical (unpaired) electrons. The van der Waals surface area contributed by atoms with E-state index >= 15 is 0 Å². The Kier molecular flexibility index (Phi) is 2.96. The second kappa shape index (κ2) is 3.78. The molecule has 1 heterocycles. The average molecular weight is 188 g/mol. The maximum absolute atomic E-state index is 11.1. The van der Waals surface area contributed by atoms with Crippen LogP contribution in [-0.2, 0) is 10.8 Å². The van der Waals surface area contributed by atoms with Gasteiger partial charge < -0.3 is 0 Å². The molecule has 1 atom stereocenters. The molecule has 60 valence electrons. The zero-order valence-corrected chi connectivity index (χ0v) is 7.71. The van der Waals surface area contributed by atoms with Gasteiger partial charge in [-0.25, -0.2) is 0 Å². The standard InChI is InChI=1S/C7H8O2S2/c1-11(9)5-6(8)7-3-2-4-10-7/h2-4H,5H2,1H3/t11-/m0/s1. The van der Waals surface area contributed by atoms with Gasteiger partial charge in [-0.3, -0.25) is 9.00 Å². The van der Waals surface area contributed by atoms with Gasteiger partial charge in [0, 0.05) is 17.1 Å². The molecule has 0 spiro atoms. The minimum atomic E-state index is -1.02. The van der Waals surface area contributed by atoms with Crippen LogP contribution in [0.25, 0.3) is 0 Å². The molecule has 1 rings (SSSR count). The second-order valence-corrected chi connectivity index (χ2v) is 4.50. The summed E-state index contributed by atoms with van der Waals surface area (Å²) in [5.41, 5.74) is 0. The molecule has 0 aliphatic rings. The van der Waals surface area contributed by atoms with Gasteiger partial charge in [0.1, 0.15) is 0 Å². The molecular formula is C7H8O2S2. The Hall–Kier alpha value is -0.480. The molecule has 11 heavy (non-hydrogen) atoms. The number of Topliss-reactive ketones (excluding diaryl/α,β-unsaturated/α-hetero) is 1. The molecule has 1 aromatic rings. The van der Waals surface area contributed by atoms with Crippen molar-refractivity contribution in [3.05, 3.63) is 22.4 Å². The van der Waals surface area contributed by atoms with Crippen molar-refractivity contribution in [2.24, 2.45) is 0 Å². The van der Waals surface area contributed by atoms with Crippen LogP contribution in [0.5, 0.6) is 0 Å². The minimum absolute atomic E-state index is 0.0270. The monoisotopic (exact) mass is 188 g/mol. The van der Waals surface area contributed by atoms with Gasteiger partial charge in [0.05, 0.1) is 10.6 Å². The highest BCUT2D eigenvalue weighted by Crippen LogP contribution is 2.09. The molecule has 0 bridgehead atoms. The van der Waals surface area contributed by atoms with Crippen LogP contribution in [-0.4, -0.2) is 22.0 Å². The third kappa shape index (κ3) is 2.55. The maximum Gasteiger partial charge on any atom is 0.185 e. The molecule has 0 aromatic carbocycles. The summed E-state index contributed by atoms with van der Waals surface area (Å²) in [5.74, 6) is 0.112. The summed E-state index contributed by atoms with van der Waals surface area (Å²) in [6.45, 7) is 0. The van der Waals surface area contributed by atoms with E-state index in [2.05, 4.69) is 0 Å². The van der Waals surface area contributed by atoms with Crippen LogP contribution in [0, 0.1) is 0 Å². The number of thiophene rings is 1. The van der Waals surface area contributed by atoms with E-state index in [4.69, 9.17) is 0 Å². The predicted molar refractivity (Wildman–Crippen MR) is 47.6 cm³/mol. The first-order valence-corrected chi connectivity index (χ1v) is 5.67. The number of carbonyl (C=O) groups is 1. The molecule has 1 aromatic heterocycles. The molecule has 0 aliphatic carbocycles. The minimum Gasteiger partial charge on any atom is -0.292 e. The lowest BCUT2D eigenvalue weighted by Gasteiger charge is -1.91. The van der Waals surface area contributed by atoms with Crippen LogP contribution >= 0.6 is 11.3 Å². The van der Waals surface area contributed by atoms with Gasteiger partial charge in [0.25, 0.3) is 0 Å². The molecule has 2 nitrogen and oxygen atoms in total. The van der Waals surface area contributed by atoms with E-state index in [1.807, 2.05) is 11.4 Å². The van der Waals surface area contributed by atoms with E-state index in [-0.39, 0.29) is 11.5 Å². The van der Waals surface area contributed by atoms with E-state index < -0.39 is 10.8 Å². The number of hydrogen-bond acceptors (Lipinski definition) is 3. The summed E-state index contributed by atoms with van der Waals surface area (Å²) in [7, 11) is -1.02. The fraction of sp³-hybridized carbons (Fsp3) is 0.286. The SMILES string of the molecule is C[S@](=O)CC(=O)c1cccs1. The van der Waals surface area contributed by atoms with Crippen LogP contribution in [0.1, 0.15) is 9.67 Å². The zero-order chi connectivity index (χ0) is 8.27. The van der Waals surface area contributed by atoms with Crippen molar-refractivity contribution >= 4 is 27.9 Å². The summed E-state index contributed by atoms with van der Waals surface area (Å²) >= 11 is 1.39. The highest BCUT2D eigenvalue weighted by molar-refractivity contribution is 7.85. The Morgan fingerprint density at radius 1 is 1.73 bits per heavy atom. The molecule has 0 saturated carbocycles. The van der Waals surface area contributed by atoms with Crippen molar-refractivity contribution in [1.29, 1.82) is 0 Å². The molecule has 0 saturated heterocycles. The topological polar surface area (TPSA) is 34.1 Å². The lowest BCUT2D eigenvalue weighted by molar-refractivity contribution is 0.102. The molecule has 0 aliphatic heterocycles. The highest BCUT2D eigenvalue weighted by Gasteiger charge is 2.07. The van der Waals surface area contributed by atoms with Crippen molar-refractivity contribution < 1.29 is 9.00 Å². The first-order chi connectivity index (χ1) is 5.20. The van der Waals surface area contributed by atoms with E-state index in [0.29, 0.717) is 4.88 Å². The Morgan fingerprint density at radius 2 is 2.45 bits per heavy atom. The van der Waals surface area contributed by atoms with Gasteiger partial charge in [-0.15, -0.1) is 11.3 Å². The highest BCUT2D eigenvalue weighted by atomic mass is 32.2. The van der Waals surface area contributed by atoms with Crippen LogP contribution in [0.3, 0.4) is 0 Å². The van der Waals surface area contributed by atoms with Crippen LogP contribution in [0.4, 0.5) is 0 Å². The lowest BCUT2D eigenvalue weighted by Crippen LogP contribution is -2.07. The number of carbonyl (C=O) groups excluding carboxylic acids is 1. The van der Waals surface area contributed by atoms with Crippen LogP contribution in [0.15, 0.2) is 17.5 Å². The second-order valence-electron chi connectivity index (χ2n) is 2.12. The fourth-order valence-corrected chi connectivity index (χ4v) is 1.97. The van der Waals surface area contributed by atoms with Crippen molar-refractivity contribution in [2.75, 3.05) is 12.0 Å². The van der Waals surface area contributed by atoms with Crippen LogP contribution < -0.4 is 0 Å². The predicted octanol–water partition coefficient (Wildman–Crippen LogP) is 1.31. The number of rotatable bonds is 3. The zero-order valence-electron chi connectivity index (χ0n) is 6.07. The average Bonchev–Trinajstić information content (AvgIpc) is 2.35. The molecule has 0 N–H and O–H groups in total. The summed E-state index contributed by atoms with van der Waals surface area (Å²) in [6, 6.07) is 3.57. The third-order valence-corrected chi connectivity index (χ3v) is 2.71. The number of hydrogen-bond donors (Lipinski definition) is 0. The summed E-state index contributed by atoms with van der Waals surface area (Å²) in [5, 5.41) is 1.84. The Morgan fingerprint density at radius 3 is 2.91 bits per heavy atom. The molecule has 0 fully saturated rings. The van der Waals surface area contributed by atoms with E-state index in [9.17, 15) is 9.00 Å². The summed E-state index contributed by atoms with van der Waals surface area (Å²) in [6.07, 6.45) is 1.53. The largest absolute Gasteiger partial charge is 0.292 e. The Bertz CT molecular complexity index is 264. The van der Waals surface area contributed by atoms with E-state index in [1.165, 1.54) is 17.6 Å². The van der Waals surface area contributed by atoms with Crippen LogP contribution in [0.2, 0.25) is 0 Å². The third-order valence-electron chi connectivity index (χ3n) is 1.13. The van der Waals surface area contributed by atoms with Gasteiger partial charge >= 0.3 is 0 Å². The first-order valence-electron chi connectivity index (χ1n) is 3.07. The van der Waals surface area contributed by atoms with Gasteiger partial charge in [0.15, 0.2) is 5.78 Å². The fourth-order valence-electron chi connectivity index (χ4n) is 0.693. The van der Waals surface area contributed by atoms with Gasteiger partial charge in [-0.1, -0.05) is 6.07 Å². The van der Waals surface area contributed by atoms with Gasteiger partial charge in [-0.2, -0.15) is 0 Å². The Labute approximate surface area is 71.7 Å². The first kappa shape index (κ1) is 8.62. The Balaban J connectivity index is 2.64. The van der Waals surface area contributed by atoms with Crippen molar-refractivity contribution in [1.82, 2.24) is 0 Å². The normalized spacial score (nSPS) is 12.8. The lowest BCUT2D eigenvalue weighted by atomic mass is 10.4. The molecule has 4 heteroatoms. The van der Waals surface area contributed by atoms with Gasteiger partial charge in [-0.05, 0) is 11.4 Å².